The summed E-state index contributed by atoms with van der Waals surface area (Å²) in [5.41, 5.74) is 1.11. The monoisotopic (exact) mass is 545 g/mol. The molecule has 3 rings (SSSR count). The molecule has 1 fully saturated rings. The van der Waals surface area contributed by atoms with E-state index in [1.807, 2.05) is 25.1 Å². The molecule has 0 saturated heterocycles. The Balaban J connectivity index is 1.92. The van der Waals surface area contributed by atoms with Crippen LogP contribution in [0, 0.1) is 0 Å². The molecule has 2 amide bonds. The van der Waals surface area contributed by atoms with E-state index in [0.29, 0.717) is 23.6 Å². The number of nitrogens with zero attached hydrogens (tertiary/aromatic N) is 2. The van der Waals surface area contributed by atoms with Crippen LogP contribution in [0.2, 0.25) is 0 Å². The maximum atomic E-state index is 13.8. The Hall–Kier alpha value is -3.27. The molecule has 0 bridgehead atoms. The van der Waals surface area contributed by atoms with Crippen molar-refractivity contribution in [2.75, 3.05) is 31.3 Å². The molecular formula is C28H39N3O6S. The Kier molecular flexibility index (Phi) is 10.4. The van der Waals surface area contributed by atoms with Gasteiger partial charge in [0.1, 0.15) is 24.1 Å². The number of methoxy groups -OCH3 is 2. The van der Waals surface area contributed by atoms with Gasteiger partial charge in [-0.05, 0) is 61.2 Å². The number of anilines is 1. The summed E-state index contributed by atoms with van der Waals surface area (Å²) in [6.07, 6.45) is 6.59. The number of carbonyl (C=O) groups is 2. The smallest absolute Gasteiger partial charge is 0.244 e. The van der Waals surface area contributed by atoms with Gasteiger partial charge in [0.2, 0.25) is 21.8 Å². The van der Waals surface area contributed by atoms with Crippen LogP contribution < -0.4 is 19.1 Å². The lowest BCUT2D eigenvalue weighted by Crippen LogP contribution is -2.53. The first-order valence-electron chi connectivity index (χ1n) is 13.0. The average Bonchev–Trinajstić information content (AvgIpc) is 2.91. The molecule has 10 heteroatoms. The van der Waals surface area contributed by atoms with Gasteiger partial charge in [-0.15, -0.1) is 0 Å². The van der Waals surface area contributed by atoms with E-state index in [1.165, 1.54) is 12.0 Å². The highest BCUT2D eigenvalue weighted by atomic mass is 32.2. The van der Waals surface area contributed by atoms with Gasteiger partial charge in [-0.1, -0.05) is 38.3 Å². The predicted molar refractivity (Wildman–Crippen MR) is 148 cm³/mol. The molecule has 0 radical (unpaired) electrons. The quantitative estimate of drug-likeness (QED) is 0.436. The number of sulfonamides is 1. The van der Waals surface area contributed by atoms with E-state index in [-0.39, 0.29) is 18.5 Å². The molecule has 1 saturated carbocycles. The van der Waals surface area contributed by atoms with E-state index in [4.69, 9.17) is 9.47 Å². The molecule has 9 nitrogen and oxygen atoms in total. The van der Waals surface area contributed by atoms with Gasteiger partial charge >= 0.3 is 0 Å². The first-order chi connectivity index (χ1) is 18.2. The Morgan fingerprint density at radius 1 is 1.00 bits per heavy atom. The van der Waals surface area contributed by atoms with E-state index in [9.17, 15) is 18.0 Å². The van der Waals surface area contributed by atoms with Crippen molar-refractivity contribution in [3.63, 3.8) is 0 Å². The van der Waals surface area contributed by atoms with Crippen LogP contribution in [0.3, 0.4) is 0 Å². The summed E-state index contributed by atoms with van der Waals surface area (Å²) in [4.78, 5) is 28.8. The summed E-state index contributed by atoms with van der Waals surface area (Å²) >= 11 is 0. The molecule has 0 heterocycles. The summed E-state index contributed by atoms with van der Waals surface area (Å²) in [6.45, 7) is 1.55. The molecule has 1 atom stereocenters. The number of hydrogen-bond donors (Lipinski definition) is 1. The molecule has 0 aliphatic heterocycles. The Morgan fingerprint density at radius 2 is 1.66 bits per heavy atom. The lowest BCUT2D eigenvalue weighted by molar-refractivity contribution is -0.140. The maximum absolute atomic E-state index is 13.8. The molecule has 0 unspecified atom stereocenters. The molecule has 208 valence electrons. The Labute approximate surface area is 226 Å². The Morgan fingerprint density at radius 3 is 2.24 bits per heavy atom. The normalized spacial score (nSPS) is 14.8. The molecule has 1 aliphatic rings. The van der Waals surface area contributed by atoms with Gasteiger partial charge in [0.15, 0.2) is 0 Å². The van der Waals surface area contributed by atoms with E-state index in [2.05, 4.69) is 5.32 Å². The average molecular weight is 546 g/mol. The third kappa shape index (κ3) is 7.86. The van der Waals surface area contributed by atoms with Gasteiger partial charge in [-0.25, -0.2) is 8.42 Å². The number of ether oxygens (including phenoxy) is 2. The van der Waals surface area contributed by atoms with Crippen LogP contribution in [0.4, 0.5) is 5.69 Å². The highest BCUT2D eigenvalue weighted by molar-refractivity contribution is 7.92. The fourth-order valence-electron chi connectivity index (χ4n) is 4.79. The van der Waals surface area contributed by atoms with Crippen LogP contribution in [0.15, 0.2) is 48.5 Å². The third-order valence-electron chi connectivity index (χ3n) is 6.86. The topological polar surface area (TPSA) is 105 Å². The fourth-order valence-corrected chi connectivity index (χ4v) is 5.64. The van der Waals surface area contributed by atoms with E-state index in [1.54, 1.807) is 37.4 Å². The van der Waals surface area contributed by atoms with Gasteiger partial charge in [0.25, 0.3) is 0 Å². The number of rotatable bonds is 12. The lowest BCUT2D eigenvalue weighted by Gasteiger charge is -2.34. The van der Waals surface area contributed by atoms with Crippen molar-refractivity contribution >= 4 is 27.5 Å². The van der Waals surface area contributed by atoms with Gasteiger partial charge in [0, 0.05) is 12.6 Å². The number of amides is 2. The van der Waals surface area contributed by atoms with Crippen LogP contribution in [0.25, 0.3) is 0 Å². The number of hydrogen-bond acceptors (Lipinski definition) is 6. The van der Waals surface area contributed by atoms with Crippen molar-refractivity contribution in [1.29, 1.82) is 0 Å². The molecule has 0 aromatic heterocycles. The van der Waals surface area contributed by atoms with E-state index < -0.39 is 28.5 Å². The maximum Gasteiger partial charge on any atom is 0.244 e. The zero-order valence-electron chi connectivity index (χ0n) is 22.7. The SMILES string of the molecule is CC[C@H](C(=O)NC1CCCCC1)N(Cc1cccc(OC)c1)C(=O)CN(c1ccc(OC)cc1)S(C)(=O)=O. The van der Waals surface area contributed by atoms with Crippen LogP contribution in [-0.4, -0.2) is 64.2 Å². The number of benzene rings is 2. The van der Waals surface area contributed by atoms with E-state index >= 15 is 0 Å². The molecular weight excluding hydrogens is 506 g/mol. The second kappa shape index (κ2) is 13.5. The first-order valence-corrected chi connectivity index (χ1v) is 14.9. The van der Waals surface area contributed by atoms with Crippen molar-refractivity contribution in [2.24, 2.45) is 0 Å². The van der Waals surface area contributed by atoms with Crippen molar-refractivity contribution in [2.45, 2.75) is 64.1 Å². The third-order valence-corrected chi connectivity index (χ3v) is 8.00. The van der Waals surface area contributed by atoms with Crippen molar-refractivity contribution in [3.05, 3.63) is 54.1 Å². The summed E-state index contributed by atoms with van der Waals surface area (Å²) in [5.74, 6) is 0.509. The second-order valence-electron chi connectivity index (χ2n) is 9.61. The molecule has 1 aliphatic carbocycles. The standard InChI is InChI=1S/C28H39N3O6S/c1-5-26(28(33)29-22-11-7-6-8-12-22)30(19-21-10-9-13-25(18-21)37-3)27(32)20-31(38(4,34)35)23-14-16-24(36-2)17-15-23/h9-10,13-18,22,26H,5-8,11-12,19-20H2,1-4H3,(H,29,33)/t26-/m1/s1. The lowest BCUT2D eigenvalue weighted by atomic mass is 9.95. The van der Waals surface area contributed by atoms with Crippen LogP contribution in [-0.2, 0) is 26.2 Å². The highest BCUT2D eigenvalue weighted by Crippen LogP contribution is 2.24. The van der Waals surface area contributed by atoms with Crippen molar-refractivity contribution in [3.8, 4) is 11.5 Å². The van der Waals surface area contributed by atoms with Crippen molar-refractivity contribution < 1.29 is 27.5 Å². The summed E-state index contributed by atoms with van der Waals surface area (Å²) in [6, 6.07) is 13.1. The fraction of sp³-hybridized carbons (Fsp3) is 0.500. The summed E-state index contributed by atoms with van der Waals surface area (Å²) < 4.78 is 37.1. The van der Waals surface area contributed by atoms with Gasteiger partial charge in [-0.3, -0.25) is 13.9 Å². The number of carbonyl (C=O) groups excluding carboxylic acids is 2. The van der Waals surface area contributed by atoms with Crippen LogP contribution >= 0.6 is 0 Å². The minimum absolute atomic E-state index is 0.0888. The molecule has 0 spiro atoms. The second-order valence-corrected chi connectivity index (χ2v) is 11.5. The van der Waals surface area contributed by atoms with Gasteiger partial charge < -0.3 is 19.7 Å². The van der Waals surface area contributed by atoms with Crippen LogP contribution in [0.1, 0.15) is 51.0 Å². The first kappa shape index (κ1) is 29.3. The zero-order valence-corrected chi connectivity index (χ0v) is 23.5. The number of nitrogens with one attached hydrogen (secondary N) is 1. The highest BCUT2D eigenvalue weighted by Gasteiger charge is 2.33. The van der Waals surface area contributed by atoms with Gasteiger partial charge in [-0.2, -0.15) is 0 Å². The largest absolute Gasteiger partial charge is 0.497 e. The van der Waals surface area contributed by atoms with Crippen LogP contribution in [0.5, 0.6) is 11.5 Å². The molecule has 38 heavy (non-hydrogen) atoms. The van der Waals surface area contributed by atoms with Crippen molar-refractivity contribution in [1.82, 2.24) is 10.2 Å². The molecule has 2 aromatic carbocycles. The minimum atomic E-state index is -3.80. The van der Waals surface area contributed by atoms with Gasteiger partial charge in [0.05, 0.1) is 26.2 Å². The predicted octanol–water partition coefficient (Wildman–Crippen LogP) is 3.73. The summed E-state index contributed by atoms with van der Waals surface area (Å²) in [5, 5.41) is 3.14. The molecule has 1 N–H and O–H groups in total. The van der Waals surface area contributed by atoms with E-state index in [0.717, 1.165) is 48.2 Å². The zero-order chi connectivity index (χ0) is 27.7. The minimum Gasteiger partial charge on any atom is -0.497 e. The molecule has 2 aromatic rings. The summed E-state index contributed by atoms with van der Waals surface area (Å²) in [7, 11) is -0.717. The Bertz CT molecular complexity index is 1180.